The highest BCUT2D eigenvalue weighted by atomic mass is 16.6. The minimum absolute atomic E-state index is 0.0149. The van der Waals surface area contributed by atoms with E-state index in [0.29, 0.717) is 24.3 Å². The largest absolute Gasteiger partial charge is 0.486 e. The maximum Gasteiger partial charge on any atom is 0.313 e. The second kappa shape index (κ2) is 4.87. The summed E-state index contributed by atoms with van der Waals surface area (Å²) in [4.78, 5) is 10.6. The maximum absolute atomic E-state index is 11.0. The van der Waals surface area contributed by atoms with Crippen LogP contribution in [0.1, 0.15) is 24.8 Å². The topological polar surface area (TPSA) is 102 Å². The summed E-state index contributed by atoms with van der Waals surface area (Å²) in [7, 11) is 0. The molecule has 0 amide bonds. The lowest BCUT2D eigenvalue weighted by Crippen LogP contribution is -2.22. The number of ether oxygens (including phenoxy) is 1. The fourth-order valence-electron chi connectivity index (χ4n) is 2.17. The average molecular weight is 263 g/mol. The molecule has 2 rings (SSSR count). The summed E-state index contributed by atoms with van der Waals surface area (Å²) in [5, 5.41) is 18.4. The van der Waals surface area contributed by atoms with Crippen molar-refractivity contribution in [2.75, 3.05) is 6.61 Å². The molecule has 0 radical (unpaired) electrons. The molecule has 1 aromatic carbocycles. The van der Waals surface area contributed by atoms with Gasteiger partial charge in [0.2, 0.25) is 0 Å². The van der Waals surface area contributed by atoms with E-state index in [1.807, 2.05) is 0 Å². The summed E-state index contributed by atoms with van der Waals surface area (Å²) in [6.45, 7) is 2.06. The van der Waals surface area contributed by atoms with Crippen molar-refractivity contribution in [1.29, 1.82) is 5.41 Å². The number of nitro groups is 1. The molecule has 1 aliphatic rings. The van der Waals surface area contributed by atoms with Crippen molar-refractivity contribution < 1.29 is 9.66 Å². The van der Waals surface area contributed by atoms with E-state index < -0.39 is 4.92 Å². The highest BCUT2D eigenvalue weighted by Gasteiger charge is 2.44. The summed E-state index contributed by atoms with van der Waals surface area (Å²) < 4.78 is 5.61. The molecule has 0 heterocycles. The molecule has 0 atom stereocenters. The van der Waals surface area contributed by atoms with E-state index >= 15 is 0 Å². The van der Waals surface area contributed by atoms with Crippen LogP contribution in [0.25, 0.3) is 0 Å². The van der Waals surface area contributed by atoms with Gasteiger partial charge in [-0.1, -0.05) is 12.1 Å². The van der Waals surface area contributed by atoms with Gasteiger partial charge in [0.05, 0.1) is 17.4 Å². The Morgan fingerprint density at radius 2 is 2.26 bits per heavy atom. The number of amidine groups is 1. The van der Waals surface area contributed by atoms with Crippen molar-refractivity contribution in [2.24, 2.45) is 11.1 Å². The minimum atomic E-state index is -0.421. The first-order valence-corrected chi connectivity index (χ1v) is 6.13. The van der Waals surface area contributed by atoms with Crippen LogP contribution in [0.3, 0.4) is 0 Å². The van der Waals surface area contributed by atoms with E-state index in [0.717, 1.165) is 12.8 Å². The van der Waals surface area contributed by atoms with Crippen LogP contribution in [0.15, 0.2) is 18.2 Å². The van der Waals surface area contributed by atoms with E-state index in [9.17, 15) is 10.1 Å². The van der Waals surface area contributed by atoms with E-state index in [-0.39, 0.29) is 16.9 Å². The second-order valence-electron chi connectivity index (χ2n) is 5.17. The number of nitro benzene ring substituents is 1. The first-order chi connectivity index (χ1) is 8.93. The number of nitrogens with one attached hydrogen (secondary N) is 1. The van der Waals surface area contributed by atoms with E-state index in [2.05, 4.69) is 0 Å². The Morgan fingerprint density at radius 1 is 1.58 bits per heavy atom. The Morgan fingerprint density at radius 3 is 2.79 bits per heavy atom. The number of nitrogens with zero attached hydrogens (tertiary/aromatic N) is 1. The van der Waals surface area contributed by atoms with Gasteiger partial charge in [0, 0.05) is 17.4 Å². The standard InChI is InChI=1S/C13H17N3O3/c1-9-3-2-4-10(12(9)16(17)18)19-8-13(5-6-13)7-11(14)15/h2-4H,5-8H2,1H3,(H3,14,15). The Labute approximate surface area is 111 Å². The lowest BCUT2D eigenvalue weighted by atomic mass is 10.0. The fraction of sp³-hybridized carbons (Fsp3) is 0.462. The molecule has 0 bridgehead atoms. The molecule has 1 aliphatic carbocycles. The quantitative estimate of drug-likeness (QED) is 0.356. The molecule has 1 aromatic rings. The number of aryl methyl sites for hydroxylation is 1. The average Bonchev–Trinajstić information content (AvgIpc) is 3.05. The van der Waals surface area contributed by atoms with Gasteiger partial charge < -0.3 is 10.5 Å². The molecule has 0 aromatic heterocycles. The van der Waals surface area contributed by atoms with Crippen LogP contribution in [-0.2, 0) is 0 Å². The normalized spacial score (nSPS) is 15.8. The smallest absolute Gasteiger partial charge is 0.313 e. The van der Waals surface area contributed by atoms with Crippen molar-refractivity contribution in [3.8, 4) is 5.75 Å². The third kappa shape index (κ3) is 3.01. The summed E-state index contributed by atoms with van der Waals surface area (Å²) in [6, 6.07) is 5.03. The van der Waals surface area contributed by atoms with Gasteiger partial charge >= 0.3 is 5.69 Å². The van der Waals surface area contributed by atoms with Gasteiger partial charge in [-0.3, -0.25) is 15.5 Å². The van der Waals surface area contributed by atoms with Gasteiger partial charge in [0.1, 0.15) is 0 Å². The van der Waals surface area contributed by atoms with Crippen molar-refractivity contribution in [1.82, 2.24) is 0 Å². The lowest BCUT2D eigenvalue weighted by Gasteiger charge is -2.15. The SMILES string of the molecule is Cc1cccc(OCC2(CC(=N)N)CC2)c1[N+](=O)[O-]. The summed E-state index contributed by atoms with van der Waals surface area (Å²) >= 11 is 0. The highest BCUT2D eigenvalue weighted by Crippen LogP contribution is 2.49. The first-order valence-electron chi connectivity index (χ1n) is 6.13. The predicted octanol–water partition coefficient (Wildman–Crippen LogP) is 2.39. The number of benzene rings is 1. The molecule has 0 aliphatic heterocycles. The zero-order valence-electron chi connectivity index (χ0n) is 10.8. The minimum Gasteiger partial charge on any atom is -0.486 e. The first kappa shape index (κ1) is 13.3. The Hall–Kier alpha value is -2.11. The third-order valence-corrected chi connectivity index (χ3v) is 3.44. The van der Waals surface area contributed by atoms with Gasteiger partial charge in [0.25, 0.3) is 0 Å². The summed E-state index contributed by atoms with van der Waals surface area (Å²) in [5.74, 6) is 0.430. The number of para-hydroxylation sites is 1. The number of hydrogen-bond donors (Lipinski definition) is 2. The van der Waals surface area contributed by atoms with Gasteiger partial charge in [-0.2, -0.15) is 0 Å². The molecule has 19 heavy (non-hydrogen) atoms. The van der Waals surface area contributed by atoms with Crippen LogP contribution in [-0.4, -0.2) is 17.4 Å². The Bertz CT molecular complexity index is 524. The molecular weight excluding hydrogens is 246 g/mol. The molecule has 1 fully saturated rings. The Kier molecular flexibility index (Phi) is 3.42. The van der Waals surface area contributed by atoms with Crippen molar-refractivity contribution in [3.05, 3.63) is 33.9 Å². The van der Waals surface area contributed by atoms with Crippen molar-refractivity contribution >= 4 is 11.5 Å². The fourth-order valence-corrected chi connectivity index (χ4v) is 2.17. The summed E-state index contributed by atoms with van der Waals surface area (Å²) in [5.41, 5.74) is 5.91. The van der Waals surface area contributed by atoms with Crippen molar-refractivity contribution in [2.45, 2.75) is 26.2 Å². The van der Waals surface area contributed by atoms with Crippen molar-refractivity contribution in [3.63, 3.8) is 0 Å². The van der Waals surface area contributed by atoms with Gasteiger partial charge in [-0.15, -0.1) is 0 Å². The van der Waals surface area contributed by atoms with E-state index in [1.54, 1.807) is 25.1 Å². The maximum atomic E-state index is 11.0. The van der Waals surface area contributed by atoms with Crippen LogP contribution < -0.4 is 10.5 Å². The third-order valence-electron chi connectivity index (χ3n) is 3.44. The number of hydrogen-bond acceptors (Lipinski definition) is 4. The Balaban J connectivity index is 2.10. The van der Waals surface area contributed by atoms with Crippen LogP contribution in [0.4, 0.5) is 5.69 Å². The highest BCUT2D eigenvalue weighted by molar-refractivity contribution is 5.78. The van der Waals surface area contributed by atoms with Gasteiger partial charge in [-0.05, 0) is 25.8 Å². The van der Waals surface area contributed by atoms with Crippen LogP contribution >= 0.6 is 0 Å². The molecule has 3 N–H and O–H groups in total. The number of rotatable bonds is 6. The second-order valence-corrected chi connectivity index (χ2v) is 5.17. The predicted molar refractivity (Wildman–Crippen MR) is 71.5 cm³/mol. The molecule has 102 valence electrons. The van der Waals surface area contributed by atoms with Crippen LogP contribution in [0.5, 0.6) is 5.75 Å². The molecule has 6 nitrogen and oxygen atoms in total. The van der Waals surface area contributed by atoms with Gasteiger partial charge in [-0.25, -0.2) is 0 Å². The molecule has 0 spiro atoms. The van der Waals surface area contributed by atoms with Crippen LogP contribution in [0.2, 0.25) is 0 Å². The van der Waals surface area contributed by atoms with E-state index in [1.165, 1.54) is 0 Å². The lowest BCUT2D eigenvalue weighted by molar-refractivity contribution is -0.386. The molecular formula is C13H17N3O3. The van der Waals surface area contributed by atoms with E-state index in [4.69, 9.17) is 15.9 Å². The zero-order chi connectivity index (χ0) is 14.0. The monoisotopic (exact) mass is 263 g/mol. The summed E-state index contributed by atoms with van der Waals surface area (Å²) in [6.07, 6.45) is 2.39. The molecule has 0 saturated heterocycles. The molecule has 1 saturated carbocycles. The van der Waals surface area contributed by atoms with Crippen LogP contribution in [0, 0.1) is 27.9 Å². The molecule has 6 heteroatoms. The van der Waals surface area contributed by atoms with Gasteiger partial charge in [0.15, 0.2) is 5.75 Å². The molecule has 0 unspecified atom stereocenters. The zero-order valence-corrected chi connectivity index (χ0v) is 10.8. The number of nitrogens with two attached hydrogens (primary N) is 1.